The topological polar surface area (TPSA) is 160 Å². The molecule has 2 saturated carbocycles. The van der Waals surface area contributed by atoms with E-state index in [9.17, 15) is 24.0 Å². The minimum Gasteiger partial charge on any atom is -0.385 e. The average molecular weight is 531 g/mol. The van der Waals surface area contributed by atoms with Crippen molar-refractivity contribution in [3.05, 3.63) is 11.4 Å². The van der Waals surface area contributed by atoms with Crippen molar-refractivity contribution in [3.63, 3.8) is 0 Å². The van der Waals surface area contributed by atoms with E-state index in [1.807, 2.05) is 6.92 Å². The van der Waals surface area contributed by atoms with Crippen molar-refractivity contribution in [1.82, 2.24) is 19.6 Å². The molecule has 38 heavy (non-hydrogen) atoms. The lowest BCUT2D eigenvalue weighted by Gasteiger charge is -2.59. The number of hydrogen-bond donors (Lipinski definition) is 2. The molecule has 2 aliphatic carbocycles. The van der Waals surface area contributed by atoms with Crippen molar-refractivity contribution in [2.24, 2.45) is 16.9 Å². The van der Waals surface area contributed by atoms with Crippen LogP contribution in [0.1, 0.15) is 71.1 Å². The largest absolute Gasteiger partial charge is 0.385 e. The van der Waals surface area contributed by atoms with Gasteiger partial charge in [0.05, 0.1) is 6.10 Å². The molecule has 0 aromatic heterocycles. The van der Waals surface area contributed by atoms with Crippen LogP contribution in [-0.2, 0) is 19.1 Å². The Morgan fingerprint density at radius 2 is 1.68 bits per heavy atom. The number of amides is 7. The van der Waals surface area contributed by atoms with E-state index < -0.39 is 29.4 Å². The number of ether oxygens (including phenoxy) is 1. The fourth-order valence-corrected chi connectivity index (χ4v) is 7.21. The lowest BCUT2D eigenvalue weighted by molar-refractivity contribution is -0.151. The molecule has 12 nitrogen and oxygen atoms in total. The van der Waals surface area contributed by atoms with Gasteiger partial charge in [-0.25, -0.2) is 9.59 Å². The van der Waals surface area contributed by atoms with Gasteiger partial charge in [0, 0.05) is 32.8 Å². The third-order valence-corrected chi connectivity index (χ3v) is 9.22. The molecule has 0 radical (unpaired) electrons. The van der Waals surface area contributed by atoms with Crippen LogP contribution in [0.2, 0.25) is 0 Å². The van der Waals surface area contributed by atoms with E-state index in [-0.39, 0.29) is 41.4 Å². The van der Waals surface area contributed by atoms with Crippen LogP contribution in [-0.4, -0.2) is 93.8 Å². The average Bonchev–Trinajstić information content (AvgIpc) is 3.43. The highest BCUT2D eigenvalue weighted by Crippen LogP contribution is 2.61. The number of urea groups is 2. The number of barbiturate groups is 1. The van der Waals surface area contributed by atoms with E-state index in [0.29, 0.717) is 58.1 Å². The zero-order chi connectivity index (χ0) is 27.4. The van der Waals surface area contributed by atoms with Crippen LogP contribution >= 0.6 is 0 Å². The van der Waals surface area contributed by atoms with Gasteiger partial charge in [0.2, 0.25) is 0 Å². The Hall–Kier alpha value is -3.15. The number of carbonyl (C=O) groups is 5. The van der Waals surface area contributed by atoms with Crippen LogP contribution in [0.5, 0.6) is 0 Å². The second kappa shape index (κ2) is 9.55. The third kappa shape index (κ3) is 3.95. The molecule has 3 aliphatic heterocycles. The van der Waals surface area contributed by atoms with Crippen molar-refractivity contribution >= 4 is 29.8 Å². The van der Waals surface area contributed by atoms with Crippen molar-refractivity contribution < 1.29 is 28.7 Å². The summed E-state index contributed by atoms with van der Waals surface area (Å²) in [4.78, 5) is 70.7. The van der Waals surface area contributed by atoms with Crippen LogP contribution in [0.25, 0.3) is 0 Å². The van der Waals surface area contributed by atoms with Crippen molar-refractivity contribution in [2.75, 3.05) is 26.7 Å². The molecule has 4 N–H and O–H groups in total. The first-order valence-electron chi connectivity index (χ1n) is 13.7. The minimum atomic E-state index is -0.839. The van der Waals surface area contributed by atoms with Gasteiger partial charge in [-0.15, -0.1) is 0 Å². The van der Waals surface area contributed by atoms with Crippen molar-refractivity contribution in [1.29, 1.82) is 0 Å². The fraction of sp³-hybridized carbons (Fsp3) is 0.731. The van der Waals surface area contributed by atoms with Gasteiger partial charge in [0.25, 0.3) is 17.7 Å². The first-order valence-corrected chi connectivity index (χ1v) is 13.7. The molecule has 2 spiro atoms. The summed E-state index contributed by atoms with van der Waals surface area (Å²) in [6.07, 6.45) is 6.81. The lowest BCUT2D eigenvalue weighted by Crippen LogP contribution is -2.66. The molecule has 3 heterocycles. The van der Waals surface area contributed by atoms with Crippen LogP contribution < -0.4 is 11.5 Å². The van der Waals surface area contributed by atoms with Crippen LogP contribution in [0.4, 0.5) is 9.59 Å². The van der Waals surface area contributed by atoms with Gasteiger partial charge in [-0.3, -0.25) is 29.1 Å². The molecule has 0 aromatic rings. The quantitative estimate of drug-likeness (QED) is 0.295. The molecular formula is C26H38N6O6. The monoisotopic (exact) mass is 530 g/mol. The molecule has 5 aliphatic rings. The Balaban J connectivity index is 1.30. The Labute approximate surface area is 222 Å². The second-order valence-electron chi connectivity index (χ2n) is 11.6. The number of carbonyl (C=O) groups excluding carboxylic acids is 5. The summed E-state index contributed by atoms with van der Waals surface area (Å²) in [5.41, 5.74) is 10.1. The molecule has 3 saturated heterocycles. The molecule has 5 fully saturated rings. The highest BCUT2D eigenvalue weighted by molar-refractivity contribution is 6.29. The van der Waals surface area contributed by atoms with Gasteiger partial charge in [0.15, 0.2) is 0 Å². The van der Waals surface area contributed by atoms with E-state index in [1.54, 1.807) is 4.90 Å². The number of imide groups is 3. The summed E-state index contributed by atoms with van der Waals surface area (Å²) in [5, 5.41) is 0. The molecule has 0 aromatic carbocycles. The highest BCUT2D eigenvalue weighted by Gasteiger charge is 2.68. The fourth-order valence-electron chi connectivity index (χ4n) is 7.21. The summed E-state index contributed by atoms with van der Waals surface area (Å²) in [5.74, 6) is -2.02. The predicted molar refractivity (Wildman–Crippen MR) is 135 cm³/mol. The van der Waals surface area contributed by atoms with E-state index in [0.717, 1.165) is 29.1 Å². The zero-order valence-electron chi connectivity index (χ0n) is 22.2. The Bertz CT molecular complexity index is 1080. The van der Waals surface area contributed by atoms with E-state index in [2.05, 4.69) is 0 Å². The van der Waals surface area contributed by atoms with Crippen molar-refractivity contribution in [2.45, 2.75) is 88.8 Å². The first-order chi connectivity index (χ1) is 18.0. The zero-order valence-corrected chi connectivity index (χ0v) is 22.2. The van der Waals surface area contributed by atoms with Gasteiger partial charge in [-0.05, 0) is 63.2 Å². The normalized spacial score (nSPS) is 33.8. The number of unbranched alkanes of at least 4 members (excludes halogenated alkanes) is 1. The standard InChI is InChI=1S/C26H38N6O6/c1-3-4-11-30-20(33)18(19(27)28)21(34)32(24(30)37)16-7-9-25(10-8-16)14-26(15-25)22(35)29(2)23(36)31(26)13-17-6-5-12-38-17/h16-17H,3-15,27-28H2,1-2H3/t16?,17-,25?,26?/m1/s1. The molecule has 0 unspecified atom stereocenters. The molecule has 1 atom stereocenters. The predicted octanol–water partition coefficient (Wildman–Crippen LogP) is 1.24. The van der Waals surface area contributed by atoms with Crippen molar-refractivity contribution in [3.8, 4) is 0 Å². The van der Waals surface area contributed by atoms with Crippen LogP contribution in [0.3, 0.4) is 0 Å². The smallest absolute Gasteiger partial charge is 0.334 e. The molecule has 5 rings (SSSR count). The Kier molecular flexibility index (Phi) is 6.65. The minimum absolute atomic E-state index is 0.0471. The number of nitrogens with two attached hydrogens (primary N) is 2. The third-order valence-electron chi connectivity index (χ3n) is 9.22. The first kappa shape index (κ1) is 26.5. The Morgan fingerprint density at radius 3 is 2.26 bits per heavy atom. The summed E-state index contributed by atoms with van der Waals surface area (Å²) in [6.45, 7) is 3.24. The Morgan fingerprint density at radius 1 is 1.00 bits per heavy atom. The van der Waals surface area contributed by atoms with Crippen LogP contribution in [0.15, 0.2) is 11.4 Å². The molecule has 7 amide bonds. The number of nitrogens with zero attached hydrogens (tertiary/aromatic N) is 4. The van der Waals surface area contributed by atoms with Gasteiger partial charge in [-0.1, -0.05) is 13.3 Å². The molecule has 0 bridgehead atoms. The maximum Gasteiger partial charge on any atom is 0.334 e. The molecular weight excluding hydrogens is 492 g/mol. The van der Waals surface area contributed by atoms with Gasteiger partial charge in [-0.2, -0.15) is 0 Å². The van der Waals surface area contributed by atoms with Crippen LogP contribution in [0, 0.1) is 5.41 Å². The van der Waals surface area contributed by atoms with Gasteiger partial charge >= 0.3 is 12.1 Å². The van der Waals surface area contributed by atoms with Gasteiger partial charge in [0.1, 0.15) is 16.9 Å². The summed E-state index contributed by atoms with van der Waals surface area (Å²) in [7, 11) is 1.54. The van der Waals surface area contributed by atoms with Gasteiger partial charge < -0.3 is 21.1 Å². The molecule has 12 heteroatoms. The highest BCUT2D eigenvalue weighted by atomic mass is 16.5. The number of hydrogen-bond acceptors (Lipinski definition) is 8. The van der Waals surface area contributed by atoms with E-state index in [1.165, 1.54) is 11.9 Å². The number of rotatable bonds is 6. The lowest BCUT2D eigenvalue weighted by atomic mass is 9.51. The summed E-state index contributed by atoms with van der Waals surface area (Å²) < 4.78 is 5.76. The number of likely N-dealkylation sites (N-methyl/N-ethyl adjacent to an activating group) is 1. The maximum atomic E-state index is 13.3. The maximum absolute atomic E-state index is 13.3. The van der Waals surface area contributed by atoms with E-state index >= 15 is 0 Å². The summed E-state index contributed by atoms with van der Waals surface area (Å²) >= 11 is 0. The SMILES string of the molecule is CCCCN1C(=O)C(=C(N)N)C(=O)N(C2CCC3(CC2)CC2(C3)C(=O)N(C)C(=O)N2C[C@H]2CCCO2)C1=O. The summed E-state index contributed by atoms with van der Waals surface area (Å²) in [6, 6.07) is -1.28. The second-order valence-corrected chi connectivity index (χ2v) is 11.6. The molecule has 208 valence electrons. The van der Waals surface area contributed by atoms with E-state index in [4.69, 9.17) is 16.2 Å².